The lowest BCUT2D eigenvalue weighted by molar-refractivity contribution is -0.121. The fourth-order valence-corrected chi connectivity index (χ4v) is 3.05. The third kappa shape index (κ3) is 2.52. The average Bonchev–Trinajstić information content (AvgIpc) is 3.18. The molecule has 1 heterocycles. The lowest BCUT2D eigenvalue weighted by atomic mass is 10.0. The minimum absolute atomic E-state index is 0.0490. The molecule has 2 aliphatic rings. The summed E-state index contributed by atoms with van der Waals surface area (Å²) in [6, 6.07) is 7.58. The Morgan fingerprint density at radius 3 is 2.68 bits per heavy atom. The van der Waals surface area contributed by atoms with Gasteiger partial charge in [-0.05, 0) is 30.3 Å². The van der Waals surface area contributed by atoms with Crippen molar-refractivity contribution in [2.45, 2.75) is 24.9 Å². The van der Waals surface area contributed by atoms with E-state index in [-0.39, 0.29) is 11.7 Å². The van der Waals surface area contributed by atoms with Crippen LogP contribution in [-0.4, -0.2) is 42.8 Å². The second-order valence-electron chi connectivity index (χ2n) is 5.83. The standard InChI is InChI=1S/C17H20N2O3/c1-19-8-7-15(20)17(19)10-13(17)9-16(21)18-11-12-3-5-14(22-2)6-4-12/h3-6,10H,7-9,11H2,1-2H3,(H,18,21). The third-order valence-corrected chi connectivity index (χ3v) is 4.49. The maximum Gasteiger partial charge on any atom is 0.224 e. The molecule has 1 amide bonds. The van der Waals surface area contributed by atoms with E-state index in [1.807, 2.05) is 42.3 Å². The highest BCUT2D eigenvalue weighted by atomic mass is 16.5. The molecular formula is C17H20N2O3. The molecule has 0 bridgehead atoms. The smallest absolute Gasteiger partial charge is 0.224 e. The molecule has 1 spiro atoms. The van der Waals surface area contributed by atoms with Crippen molar-refractivity contribution in [1.82, 2.24) is 10.2 Å². The topological polar surface area (TPSA) is 58.6 Å². The number of likely N-dealkylation sites (tertiary alicyclic amines) is 1. The lowest BCUT2D eigenvalue weighted by Crippen LogP contribution is -2.36. The molecule has 0 saturated carbocycles. The number of rotatable bonds is 5. The molecule has 1 aromatic rings. The summed E-state index contributed by atoms with van der Waals surface area (Å²) >= 11 is 0. The van der Waals surface area contributed by atoms with Gasteiger partial charge in [0.1, 0.15) is 11.3 Å². The van der Waals surface area contributed by atoms with Crippen molar-refractivity contribution in [3.05, 3.63) is 41.5 Å². The monoisotopic (exact) mass is 300 g/mol. The van der Waals surface area contributed by atoms with E-state index in [1.54, 1.807) is 7.11 Å². The number of carbonyl (C=O) groups is 2. The number of carbonyl (C=O) groups excluding carboxylic acids is 2. The molecule has 0 radical (unpaired) electrons. The molecule has 0 aromatic heterocycles. The molecule has 1 aliphatic heterocycles. The zero-order valence-corrected chi connectivity index (χ0v) is 12.9. The quantitative estimate of drug-likeness (QED) is 0.832. The lowest BCUT2D eigenvalue weighted by Gasteiger charge is -2.19. The number of nitrogens with zero attached hydrogens (tertiary/aromatic N) is 1. The number of nitrogens with one attached hydrogen (secondary N) is 1. The minimum atomic E-state index is -0.530. The summed E-state index contributed by atoms with van der Waals surface area (Å²) in [7, 11) is 3.56. The summed E-state index contributed by atoms with van der Waals surface area (Å²) in [5, 5.41) is 2.89. The number of Topliss-reactive ketones (excluding diaryl/α,β-unsaturated/α-hetero) is 1. The van der Waals surface area contributed by atoms with Gasteiger partial charge in [0.15, 0.2) is 5.78 Å². The van der Waals surface area contributed by atoms with Gasteiger partial charge in [-0.25, -0.2) is 0 Å². The summed E-state index contributed by atoms with van der Waals surface area (Å²) in [6.45, 7) is 1.25. The number of likely N-dealkylation sites (N-methyl/N-ethyl adjacent to an activating group) is 1. The number of ether oxygens (including phenoxy) is 1. The van der Waals surface area contributed by atoms with Crippen molar-refractivity contribution in [1.29, 1.82) is 0 Å². The highest BCUT2D eigenvalue weighted by Crippen LogP contribution is 2.46. The van der Waals surface area contributed by atoms with Crippen molar-refractivity contribution in [2.75, 3.05) is 20.7 Å². The molecule has 1 atom stereocenters. The second kappa shape index (κ2) is 5.57. The van der Waals surface area contributed by atoms with Gasteiger partial charge >= 0.3 is 0 Å². The maximum atomic E-state index is 12.0. The maximum absolute atomic E-state index is 12.0. The summed E-state index contributed by atoms with van der Waals surface area (Å²) in [4.78, 5) is 26.0. The molecule has 1 saturated heterocycles. The number of methoxy groups -OCH3 is 1. The first-order chi connectivity index (χ1) is 10.6. The van der Waals surface area contributed by atoms with E-state index < -0.39 is 5.54 Å². The second-order valence-corrected chi connectivity index (χ2v) is 5.83. The van der Waals surface area contributed by atoms with E-state index in [4.69, 9.17) is 4.74 Å². The first-order valence-electron chi connectivity index (χ1n) is 7.42. The summed E-state index contributed by atoms with van der Waals surface area (Å²) in [5.74, 6) is 0.961. The third-order valence-electron chi connectivity index (χ3n) is 4.49. The van der Waals surface area contributed by atoms with Crippen LogP contribution in [0.1, 0.15) is 18.4 Å². The van der Waals surface area contributed by atoms with Crippen LogP contribution in [0.5, 0.6) is 5.75 Å². The Labute approximate surface area is 129 Å². The molecule has 116 valence electrons. The normalized spacial score (nSPS) is 23.5. The molecule has 1 aliphatic carbocycles. The fourth-order valence-electron chi connectivity index (χ4n) is 3.05. The number of benzene rings is 1. The molecule has 1 fully saturated rings. The molecule has 5 nitrogen and oxygen atoms in total. The molecule has 22 heavy (non-hydrogen) atoms. The Hall–Kier alpha value is -2.14. The summed E-state index contributed by atoms with van der Waals surface area (Å²) in [6.07, 6.45) is 2.80. The van der Waals surface area contributed by atoms with Gasteiger partial charge in [-0.2, -0.15) is 0 Å². The predicted molar refractivity (Wildman–Crippen MR) is 82.5 cm³/mol. The van der Waals surface area contributed by atoms with E-state index >= 15 is 0 Å². The van der Waals surface area contributed by atoms with Crippen molar-refractivity contribution in [2.24, 2.45) is 0 Å². The van der Waals surface area contributed by atoms with Crippen LogP contribution in [0.15, 0.2) is 35.9 Å². The molecule has 5 heteroatoms. The number of amides is 1. The highest BCUT2D eigenvalue weighted by molar-refractivity contribution is 6.03. The van der Waals surface area contributed by atoms with Gasteiger partial charge in [-0.15, -0.1) is 0 Å². The predicted octanol–water partition coefficient (Wildman–Crippen LogP) is 1.28. The van der Waals surface area contributed by atoms with E-state index in [9.17, 15) is 9.59 Å². The zero-order valence-electron chi connectivity index (χ0n) is 12.9. The first-order valence-corrected chi connectivity index (χ1v) is 7.42. The van der Waals surface area contributed by atoms with Crippen LogP contribution in [-0.2, 0) is 16.1 Å². The number of hydrogen-bond acceptors (Lipinski definition) is 4. The van der Waals surface area contributed by atoms with E-state index in [0.29, 0.717) is 19.4 Å². The van der Waals surface area contributed by atoms with Crippen LogP contribution in [0.4, 0.5) is 0 Å². The van der Waals surface area contributed by atoms with Crippen molar-refractivity contribution >= 4 is 11.7 Å². The zero-order chi connectivity index (χ0) is 15.7. The van der Waals surface area contributed by atoms with E-state index in [1.165, 1.54) is 0 Å². The largest absolute Gasteiger partial charge is 0.497 e. The Morgan fingerprint density at radius 1 is 1.36 bits per heavy atom. The Bertz CT molecular complexity index is 636. The molecule has 1 aromatic carbocycles. The Balaban J connectivity index is 1.49. The Kier molecular flexibility index (Phi) is 3.74. The molecule has 1 N–H and O–H groups in total. The van der Waals surface area contributed by atoms with E-state index in [2.05, 4.69) is 5.32 Å². The highest BCUT2D eigenvalue weighted by Gasteiger charge is 2.56. The van der Waals surface area contributed by atoms with Crippen LogP contribution >= 0.6 is 0 Å². The van der Waals surface area contributed by atoms with Crippen LogP contribution in [0.25, 0.3) is 0 Å². The first kappa shape index (κ1) is 14.8. The molecular weight excluding hydrogens is 280 g/mol. The fraction of sp³-hybridized carbons (Fsp3) is 0.412. The van der Waals surface area contributed by atoms with Crippen molar-refractivity contribution in [3.63, 3.8) is 0 Å². The van der Waals surface area contributed by atoms with Crippen molar-refractivity contribution < 1.29 is 14.3 Å². The van der Waals surface area contributed by atoms with Crippen molar-refractivity contribution in [3.8, 4) is 5.75 Å². The van der Waals surface area contributed by atoms with Gasteiger partial charge in [0.25, 0.3) is 0 Å². The molecule has 3 rings (SSSR count). The Morgan fingerprint density at radius 2 is 2.09 bits per heavy atom. The molecule has 1 unspecified atom stereocenters. The number of hydrogen-bond donors (Lipinski definition) is 1. The van der Waals surface area contributed by atoms with Gasteiger partial charge in [0.2, 0.25) is 5.91 Å². The van der Waals surface area contributed by atoms with Crippen LogP contribution in [0.2, 0.25) is 0 Å². The van der Waals surface area contributed by atoms with Crippen LogP contribution < -0.4 is 10.1 Å². The number of ketones is 1. The van der Waals surface area contributed by atoms with Gasteiger partial charge in [0, 0.05) is 19.5 Å². The summed E-state index contributed by atoms with van der Waals surface area (Å²) < 4.78 is 5.10. The SMILES string of the molecule is COc1ccc(CNC(=O)CC2=CC23C(=O)CCN3C)cc1. The van der Waals surface area contributed by atoms with Crippen LogP contribution in [0.3, 0.4) is 0 Å². The van der Waals surface area contributed by atoms with Gasteiger partial charge < -0.3 is 10.1 Å². The average molecular weight is 300 g/mol. The van der Waals surface area contributed by atoms with Crippen LogP contribution in [0, 0.1) is 0 Å². The van der Waals surface area contributed by atoms with Gasteiger partial charge in [0.05, 0.1) is 13.5 Å². The van der Waals surface area contributed by atoms with Gasteiger partial charge in [-0.3, -0.25) is 14.5 Å². The summed E-state index contributed by atoms with van der Waals surface area (Å²) in [5.41, 5.74) is 1.42. The van der Waals surface area contributed by atoms with E-state index in [0.717, 1.165) is 23.4 Å². The van der Waals surface area contributed by atoms with Gasteiger partial charge in [-0.1, -0.05) is 18.2 Å². The minimum Gasteiger partial charge on any atom is -0.497 e.